The third-order valence-corrected chi connectivity index (χ3v) is 4.95. The first-order valence-corrected chi connectivity index (χ1v) is 10.2. The summed E-state index contributed by atoms with van der Waals surface area (Å²) in [6, 6.07) is 20.4. The Labute approximate surface area is 191 Å². The molecule has 0 aliphatic carbocycles. The van der Waals surface area contributed by atoms with E-state index in [1.54, 1.807) is 57.7 Å². The lowest BCUT2D eigenvalue weighted by atomic mass is 10.1. The number of esters is 1. The fourth-order valence-corrected chi connectivity index (χ4v) is 3.25. The topological polar surface area (TPSA) is 75.6 Å². The van der Waals surface area contributed by atoms with E-state index < -0.39 is 5.97 Å². The molecule has 0 spiro atoms. The van der Waals surface area contributed by atoms with Crippen LogP contribution in [0.1, 0.15) is 16.7 Å². The van der Waals surface area contributed by atoms with Gasteiger partial charge in [-0.25, -0.2) is 9.79 Å². The number of methoxy groups -OCH3 is 3. The van der Waals surface area contributed by atoms with Crippen LogP contribution in [0.15, 0.2) is 77.4 Å². The minimum atomic E-state index is -0.547. The van der Waals surface area contributed by atoms with E-state index in [0.29, 0.717) is 35.2 Å². The second-order valence-electron chi connectivity index (χ2n) is 7.12. The fraction of sp³-hybridized carbons (Fsp3) is 0.154. The summed E-state index contributed by atoms with van der Waals surface area (Å²) in [5.74, 6) is 1.91. The summed E-state index contributed by atoms with van der Waals surface area (Å²) in [7, 11) is 4.68. The van der Waals surface area contributed by atoms with Crippen LogP contribution in [0, 0.1) is 0 Å². The van der Waals surface area contributed by atoms with Gasteiger partial charge in [0, 0.05) is 11.6 Å². The number of rotatable bonds is 8. The molecular formula is C26H23NO6. The number of carbonyl (C=O) groups is 1. The van der Waals surface area contributed by atoms with Crippen molar-refractivity contribution in [3.63, 3.8) is 0 Å². The predicted octanol–water partition coefficient (Wildman–Crippen LogP) is 4.64. The third-order valence-electron chi connectivity index (χ3n) is 4.95. The molecule has 7 heteroatoms. The Morgan fingerprint density at radius 2 is 1.58 bits per heavy atom. The largest absolute Gasteiger partial charge is 0.497 e. The summed E-state index contributed by atoms with van der Waals surface area (Å²) in [5.41, 5.74) is 2.50. The number of carbonyl (C=O) groups excluding carboxylic acids is 1. The van der Waals surface area contributed by atoms with Crippen LogP contribution in [-0.2, 0) is 16.1 Å². The monoisotopic (exact) mass is 445 g/mol. The zero-order valence-corrected chi connectivity index (χ0v) is 18.5. The molecule has 4 rings (SSSR count). The van der Waals surface area contributed by atoms with E-state index >= 15 is 0 Å². The van der Waals surface area contributed by atoms with E-state index in [0.717, 1.165) is 11.1 Å². The van der Waals surface area contributed by atoms with Crippen molar-refractivity contribution in [2.45, 2.75) is 6.61 Å². The molecule has 0 atom stereocenters. The summed E-state index contributed by atoms with van der Waals surface area (Å²) < 4.78 is 27.3. The molecule has 0 unspecified atom stereocenters. The Balaban J connectivity index is 1.60. The van der Waals surface area contributed by atoms with E-state index in [2.05, 4.69) is 4.99 Å². The zero-order chi connectivity index (χ0) is 23.2. The van der Waals surface area contributed by atoms with Crippen molar-refractivity contribution < 1.29 is 28.5 Å². The first-order chi connectivity index (χ1) is 16.1. The molecule has 33 heavy (non-hydrogen) atoms. The van der Waals surface area contributed by atoms with Gasteiger partial charge in [-0.1, -0.05) is 36.4 Å². The first-order valence-electron chi connectivity index (χ1n) is 10.2. The van der Waals surface area contributed by atoms with Crippen LogP contribution in [0.2, 0.25) is 0 Å². The van der Waals surface area contributed by atoms with Crippen LogP contribution in [0.3, 0.4) is 0 Å². The van der Waals surface area contributed by atoms with E-state index in [-0.39, 0.29) is 11.6 Å². The van der Waals surface area contributed by atoms with Gasteiger partial charge in [0.15, 0.2) is 17.2 Å². The molecule has 0 aromatic heterocycles. The molecule has 3 aromatic rings. The molecule has 0 fully saturated rings. The molecule has 1 aliphatic rings. The maximum atomic E-state index is 12.5. The highest BCUT2D eigenvalue weighted by Gasteiger charge is 2.25. The lowest BCUT2D eigenvalue weighted by Crippen LogP contribution is -2.06. The summed E-state index contributed by atoms with van der Waals surface area (Å²) >= 11 is 0. The number of aliphatic imine (C=N–C) groups is 1. The SMILES string of the molecule is COc1cc(OC)cc(C2=N/C(=C\c3ccc(OC)c(OCc4ccccc4)c3)C(=O)O2)c1. The molecule has 7 nitrogen and oxygen atoms in total. The Kier molecular flexibility index (Phi) is 6.59. The van der Waals surface area contributed by atoms with Crippen molar-refractivity contribution in [3.05, 3.63) is 89.1 Å². The van der Waals surface area contributed by atoms with Gasteiger partial charge in [0.25, 0.3) is 0 Å². The van der Waals surface area contributed by atoms with Crippen LogP contribution in [-0.4, -0.2) is 33.2 Å². The minimum Gasteiger partial charge on any atom is -0.497 e. The van der Waals surface area contributed by atoms with Crippen molar-refractivity contribution in [1.82, 2.24) is 0 Å². The van der Waals surface area contributed by atoms with Gasteiger partial charge in [0.1, 0.15) is 18.1 Å². The highest BCUT2D eigenvalue weighted by molar-refractivity contribution is 6.13. The standard InChI is InChI=1S/C26H23NO6/c1-29-20-13-19(14-21(15-20)30-2)25-27-22(26(28)33-25)11-18-9-10-23(31-3)24(12-18)32-16-17-7-5-4-6-8-17/h4-15H,16H2,1-3H3/b22-11-. The second kappa shape index (κ2) is 9.91. The molecule has 1 heterocycles. The maximum absolute atomic E-state index is 12.5. The van der Waals surface area contributed by atoms with Gasteiger partial charge in [-0.3, -0.25) is 0 Å². The highest BCUT2D eigenvalue weighted by atomic mass is 16.6. The van der Waals surface area contributed by atoms with Gasteiger partial charge in [-0.15, -0.1) is 0 Å². The number of benzene rings is 3. The van der Waals surface area contributed by atoms with Gasteiger partial charge in [-0.2, -0.15) is 0 Å². The number of cyclic esters (lactones) is 1. The zero-order valence-electron chi connectivity index (χ0n) is 18.5. The Bertz CT molecular complexity index is 1190. The second-order valence-corrected chi connectivity index (χ2v) is 7.12. The maximum Gasteiger partial charge on any atom is 0.363 e. The molecule has 1 aliphatic heterocycles. The Morgan fingerprint density at radius 3 is 2.24 bits per heavy atom. The van der Waals surface area contributed by atoms with Crippen molar-refractivity contribution in [1.29, 1.82) is 0 Å². The summed E-state index contributed by atoms with van der Waals surface area (Å²) in [6.07, 6.45) is 1.64. The molecule has 0 N–H and O–H groups in total. The van der Waals surface area contributed by atoms with Crippen molar-refractivity contribution in [3.8, 4) is 23.0 Å². The number of hydrogen-bond donors (Lipinski definition) is 0. The van der Waals surface area contributed by atoms with Crippen LogP contribution in [0.4, 0.5) is 0 Å². The minimum absolute atomic E-state index is 0.172. The number of hydrogen-bond acceptors (Lipinski definition) is 7. The van der Waals surface area contributed by atoms with Crippen molar-refractivity contribution in [2.24, 2.45) is 4.99 Å². The average Bonchev–Trinajstić information content (AvgIpc) is 3.23. The normalized spacial score (nSPS) is 14.0. The molecular weight excluding hydrogens is 422 g/mol. The van der Waals surface area contributed by atoms with Gasteiger partial charge >= 0.3 is 5.97 Å². The average molecular weight is 445 g/mol. The molecule has 0 radical (unpaired) electrons. The van der Waals surface area contributed by atoms with Crippen LogP contribution in [0.25, 0.3) is 6.08 Å². The van der Waals surface area contributed by atoms with Crippen molar-refractivity contribution >= 4 is 17.9 Å². The van der Waals surface area contributed by atoms with Gasteiger partial charge in [0.05, 0.1) is 21.3 Å². The molecule has 168 valence electrons. The van der Waals surface area contributed by atoms with E-state index in [1.807, 2.05) is 36.4 Å². The number of nitrogens with zero attached hydrogens (tertiary/aromatic N) is 1. The van der Waals surface area contributed by atoms with Gasteiger partial charge in [-0.05, 0) is 41.5 Å². The van der Waals surface area contributed by atoms with Crippen LogP contribution < -0.4 is 18.9 Å². The van der Waals surface area contributed by atoms with Crippen LogP contribution in [0.5, 0.6) is 23.0 Å². The quantitative estimate of drug-likeness (QED) is 0.372. The summed E-state index contributed by atoms with van der Waals surface area (Å²) in [6.45, 7) is 0.388. The van der Waals surface area contributed by atoms with E-state index in [9.17, 15) is 4.79 Å². The van der Waals surface area contributed by atoms with Gasteiger partial charge in [0.2, 0.25) is 5.90 Å². The van der Waals surface area contributed by atoms with Gasteiger partial charge < -0.3 is 23.7 Å². The van der Waals surface area contributed by atoms with Crippen LogP contribution >= 0.6 is 0 Å². The smallest absolute Gasteiger partial charge is 0.363 e. The fourth-order valence-electron chi connectivity index (χ4n) is 3.25. The van der Waals surface area contributed by atoms with E-state index in [1.165, 1.54) is 0 Å². The molecule has 0 amide bonds. The molecule has 0 saturated carbocycles. The molecule has 3 aromatic carbocycles. The lowest BCUT2D eigenvalue weighted by Gasteiger charge is -2.11. The Hall–Kier alpha value is -4.26. The lowest BCUT2D eigenvalue weighted by molar-refractivity contribution is -0.129. The number of ether oxygens (including phenoxy) is 5. The third kappa shape index (κ3) is 5.15. The Morgan fingerprint density at radius 1 is 0.848 bits per heavy atom. The molecule has 0 saturated heterocycles. The highest BCUT2D eigenvalue weighted by Crippen LogP contribution is 2.31. The first kappa shape index (κ1) is 22.0. The summed E-state index contributed by atoms with van der Waals surface area (Å²) in [5, 5.41) is 0. The van der Waals surface area contributed by atoms with E-state index in [4.69, 9.17) is 23.7 Å². The molecule has 0 bridgehead atoms. The van der Waals surface area contributed by atoms with Crippen molar-refractivity contribution in [2.75, 3.05) is 21.3 Å². The predicted molar refractivity (Wildman–Crippen MR) is 124 cm³/mol. The summed E-state index contributed by atoms with van der Waals surface area (Å²) in [4.78, 5) is 16.8.